The molecule has 0 unspecified atom stereocenters. The first-order valence-corrected chi connectivity index (χ1v) is 5.30. The Morgan fingerprint density at radius 1 is 1.67 bits per heavy atom. The lowest BCUT2D eigenvalue weighted by molar-refractivity contribution is 0.619. The fourth-order valence-corrected chi connectivity index (χ4v) is 1.10. The fraction of sp³-hybridized carbons (Fsp3) is 0.600. The van der Waals surface area contributed by atoms with Gasteiger partial charge in [-0.25, -0.2) is 0 Å². The molecule has 0 radical (unpaired) electrons. The van der Waals surface area contributed by atoms with E-state index in [0.717, 1.165) is 18.4 Å². The van der Waals surface area contributed by atoms with Crippen molar-refractivity contribution in [3.8, 4) is 0 Å². The third kappa shape index (κ3) is 5.00. The summed E-state index contributed by atoms with van der Waals surface area (Å²) >= 11 is 9.66. The summed E-state index contributed by atoms with van der Waals surface area (Å²) in [6.45, 7) is 11.5. The average Bonchev–Trinajstić information content (AvgIpc) is 1.97. The van der Waals surface area contributed by atoms with Gasteiger partial charge >= 0.3 is 0 Å². The first-order chi connectivity index (χ1) is 5.38. The molecule has 0 aliphatic carbocycles. The van der Waals surface area contributed by atoms with Crippen LogP contribution < -0.4 is 0 Å². The van der Waals surface area contributed by atoms with Crippen molar-refractivity contribution in [3.05, 3.63) is 24.8 Å². The van der Waals surface area contributed by atoms with Crippen LogP contribution in [0.1, 0.15) is 26.7 Å². The number of allylic oxidation sites excluding steroid dienone is 2. The second-order valence-electron chi connectivity index (χ2n) is 3.43. The van der Waals surface area contributed by atoms with Crippen molar-refractivity contribution in [2.24, 2.45) is 0 Å². The highest BCUT2D eigenvalue weighted by atomic mass is 79.9. The molecule has 0 nitrogen and oxygen atoms in total. The molecule has 0 aliphatic heterocycles. The third-order valence-corrected chi connectivity index (χ3v) is 3.88. The zero-order chi connectivity index (χ0) is 9.78. The van der Waals surface area contributed by atoms with Crippen LogP contribution in [0.15, 0.2) is 24.8 Å². The average molecular weight is 252 g/mol. The molecule has 70 valence electrons. The monoisotopic (exact) mass is 250 g/mol. The molecule has 0 aliphatic rings. The van der Waals surface area contributed by atoms with Gasteiger partial charge in [-0.1, -0.05) is 40.7 Å². The number of hydrogen-bond acceptors (Lipinski definition) is 0. The molecule has 2 heteroatoms. The van der Waals surface area contributed by atoms with E-state index in [0.29, 0.717) is 4.83 Å². The number of rotatable bonds is 5. The van der Waals surface area contributed by atoms with E-state index in [1.807, 2.05) is 13.8 Å². The number of halogens is 2. The topological polar surface area (TPSA) is 0 Å². The summed E-state index contributed by atoms with van der Waals surface area (Å²) in [6.07, 6.45) is 3.75. The molecule has 0 saturated heterocycles. The van der Waals surface area contributed by atoms with Gasteiger partial charge in [0.1, 0.15) is 0 Å². The van der Waals surface area contributed by atoms with Crippen LogP contribution in [0.4, 0.5) is 0 Å². The van der Waals surface area contributed by atoms with Gasteiger partial charge in [0.25, 0.3) is 0 Å². The standard InChI is InChI=1S/C10H16BrCl/c1-5-8(2)6-7-9(11)10(3,4)12/h5,9H,1-2,6-7H2,3-4H3/t9-/m1/s1. The maximum Gasteiger partial charge on any atom is 0.0515 e. The summed E-state index contributed by atoms with van der Waals surface area (Å²) in [6, 6.07) is 0. The zero-order valence-electron chi connectivity index (χ0n) is 7.74. The first-order valence-electron chi connectivity index (χ1n) is 4.01. The van der Waals surface area contributed by atoms with Crippen molar-refractivity contribution in [1.82, 2.24) is 0 Å². The van der Waals surface area contributed by atoms with Crippen molar-refractivity contribution in [2.75, 3.05) is 0 Å². The van der Waals surface area contributed by atoms with Crippen LogP contribution in [0.25, 0.3) is 0 Å². The Hall–Kier alpha value is 0.250. The summed E-state index contributed by atoms with van der Waals surface area (Å²) in [5.74, 6) is 0. The Morgan fingerprint density at radius 3 is 2.50 bits per heavy atom. The molecule has 1 atom stereocenters. The van der Waals surface area contributed by atoms with E-state index in [1.54, 1.807) is 6.08 Å². The molecule has 0 aromatic rings. The molecule has 0 aromatic heterocycles. The molecule has 0 N–H and O–H groups in total. The van der Waals surface area contributed by atoms with Gasteiger partial charge in [-0.3, -0.25) is 0 Å². The zero-order valence-corrected chi connectivity index (χ0v) is 10.1. The van der Waals surface area contributed by atoms with Crippen molar-refractivity contribution in [1.29, 1.82) is 0 Å². The Bertz CT molecular complexity index is 167. The van der Waals surface area contributed by atoms with E-state index >= 15 is 0 Å². The minimum absolute atomic E-state index is 0.193. The van der Waals surface area contributed by atoms with Crippen LogP contribution >= 0.6 is 27.5 Å². The Balaban J connectivity index is 3.79. The summed E-state index contributed by atoms with van der Waals surface area (Å²) in [7, 11) is 0. The van der Waals surface area contributed by atoms with Gasteiger partial charge in [0.2, 0.25) is 0 Å². The fourth-order valence-electron chi connectivity index (χ4n) is 0.757. The van der Waals surface area contributed by atoms with E-state index in [2.05, 4.69) is 29.1 Å². The summed E-state index contributed by atoms with van der Waals surface area (Å²) in [4.78, 5) is 0.130. The first kappa shape index (κ1) is 12.2. The highest BCUT2D eigenvalue weighted by Crippen LogP contribution is 2.29. The molecule has 0 saturated carbocycles. The van der Waals surface area contributed by atoms with Crippen LogP contribution in [0.5, 0.6) is 0 Å². The van der Waals surface area contributed by atoms with Gasteiger partial charge in [0.05, 0.1) is 4.87 Å². The lowest BCUT2D eigenvalue weighted by Crippen LogP contribution is -2.24. The van der Waals surface area contributed by atoms with Crippen LogP contribution in [0.2, 0.25) is 0 Å². The van der Waals surface area contributed by atoms with E-state index in [-0.39, 0.29) is 4.87 Å². The minimum atomic E-state index is -0.193. The molecule has 0 rings (SSSR count). The van der Waals surface area contributed by atoms with Gasteiger partial charge in [0.15, 0.2) is 0 Å². The highest BCUT2D eigenvalue weighted by Gasteiger charge is 2.23. The smallest absolute Gasteiger partial charge is 0.0515 e. The lowest BCUT2D eigenvalue weighted by atomic mass is 10.0. The molecule has 0 spiro atoms. The van der Waals surface area contributed by atoms with Gasteiger partial charge < -0.3 is 0 Å². The van der Waals surface area contributed by atoms with Gasteiger partial charge in [-0.2, -0.15) is 0 Å². The van der Waals surface area contributed by atoms with Crippen molar-refractivity contribution >= 4 is 27.5 Å². The maximum absolute atomic E-state index is 6.11. The molecule has 0 amide bonds. The molecular weight excluding hydrogens is 235 g/mol. The normalized spacial score (nSPS) is 14.0. The van der Waals surface area contributed by atoms with E-state index in [9.17, 15) is 0 Å². The maximum atomic E-state index is 6.11. The number of alkyl halides is 2. The summed E-state index contributed by atoms with van der Waals surface area (Å²) in [5, 5.41) is 0. The highest BCUT2D eigenvalue weighted by molar-refractivity contribution is 9.09. The second kappa shape index (κ2) is 5.08. The Kier molecular flexibility index (Phi) is 5.19. The van der Waals surface area contributed by atoms with Crippen molar-refractivity contribution in [2.45, 2.75) is 36.4 Å². The van der Waals surface area contributed by atoms with Crippen molar-refractivity contribution in [3.63, 3.8) is 0 Å². The largest absolute Gasteiger partial charge is 0.119 e. The van der Waals surface area contributed by atoms with Gasteiger partial charge in [0, 0.05) is 4.83 Å². The summed E-state index contributed by atoms with van der Waals surface area (Å²) < 4.78 is 0. The van der Waals surface area contributed by atoms with Gasteiger partial charge in [-0.15, -0.1) is 11.6 Å². The second-order valence-corrected chi connectivity index (χ2v) is 5.51. The lowest BCUT2D eigenvalue weighted by Gasteiger charge is -2.22. The van der Waals surface area contributed by atoms with E-state index in [4.69, 9.17) is 11.6 Å². The van der Waals surface area contributed by atoms with Crippen LogP contribution in [0.3, 0.4) is 0 Å². The third-order valence-electron chi connectivity index (χ3n) is 1.75. The van der Waals surface area contributed by atoms with Crippen molar-refractivity contribution < 1.29 is 0 Å². The quantitative estimate of drug-likeness (QED) is 0.505. The molecule has 0 bridgehead atoms. The van der Waals surface area contributed by atoms with Crippen LogP contribution in [-0.4, -0.2) is 9.70 Å². The SMILES string of the molecule is C=CC(=C)CC[C@@H](Br)C(C)(C)Cl. The minimum Gasteiger partial charge on any atom is -0.119 e. The Morgan fingerprint density at radius 2 is 2.17 bits per heavy atom. The summed E-state index contributed by atoms with van der Waals surface area (Å²) in [5.41, 5.74) is 1.07. The Labute approximate surface area is 88.8 Å². The molecule has 12 heavy (non-hydrogen) atoms. The molecule has 0 fully saturated rings. The van der Waals surface area contributed by atoms with Crippen LogP contribution in [0, 0.1) is 0 Å². The predicted octanol–water partition coefficient (Wildman–Crippen LogP) is 4.29. The molecule has 0 aromatic carbocycles. The predicted molar refractivity (Wildman–Crippen MR) is 61.2 cm³/mol. The van der Waals surface area contributed by atoms with Gasteiger partial charge in [-0.05, 0) is 26.7 Å². The molecule has 0 heterocycles. The van der Waals surface area contributed by atoms with Crippen LogP contribution in [-0.2, 0) is 0 Å². The number of hydrogen-bond donors (Lipinski definition) is 0. The van der Waals surface area contributed by atoms with E-state index < -0.39 is 0 Å². The van der Waals surface area contributed by atoms with E-state index in [1.165, 1.54) is 0 Å². The molecular formula is C10H16BrCl.